The molecule has 7 heteroatoms. The Morgan fingerprint density at radius 2 is 2.04 bits per heavy atom. The normalized spacial score (nSPS) is 17.4. The molecule has 0 aliphatic carbocycles. The van der Waals surface area contributed by atoms with Crippen LogP contribution in [0.4, 0.5) is 10.6 Å². The number of carbonyl (C=O) groups excluding carboxylic acids is 2. The standard InChI is InChI=1S/C19H22BrN3O3/c1-19(2,3)26-18(25)23-7-6-13(11-23)17(24)22-16-9-14-8-15(20)5-4-12(14)10-21-16/h4-5,8-10,13H,6-7,11H2,1-3H3,(H,21,22,24). The lowest BCUT2D eigenvalue weighted by molar-refractivity contribution is -0.119. The molecule has 6 nitrogen and oxygen atoms in total. The number of hydrogen-bond acceptors (Lipinski definition) is 4. The molecule has 1 N–H and O–H groups in total. The SMILES string of the molecule is CC(C)(C)OC(=O)N1CCC(C(=O)Nc2cc3cc(Br)ccc3cn2)C1. The first kappa shape index (κ1) is 18.6. The molecule has 0 spiro atoms. The third-order valence-electron chi connectivity index (χ3n) is 4.15. The van der Waals surface area contributed by atoms with Crippen LogP contribution in [0.3, 0.4) is 0 Å². The zero-order valence-electron chi connectivity index (χ0n) is 15.1. The van der Waals surface area contributed by atoms with Gasteiger partial charge < -0.3 is 15.0 Å². The molecule has 3 rings (SSSR count). The molecule has 1 atom stereocenters. The lowest BCUT2D eigenvalue weighted by atomic mass is 10.1. The average Bonchev–Trinajstić information content (AvgIpc) is 3.03. The molecule has 1 saturated heterocycles. The van der Waals surface area contributed by atoms with E-state index in [9.17, 15) is 9.59 Å². The van der Waals surface area contributed by atoms with E-state index in [4.69, 9.17) is 4.74 Å². The number of benzene rings is 1. The molecule has 2 aromatic rings. The highest BCUT2D eigenvalue weighted by Crippen LogP contribution is 2.23. The van der Waals surface area contributed by atoms with Crippen LogP contribution in [0.15, 0.2) is 34.9 Å². The van der Waals surface area contributed by atoms with E-state index in [0.717, 1.165) is 15.2 Å². The second-order valence-electron chi connectivity index (χ2n) is 7.46. The van der Waals surface area contributed by atoms with Gasteiger partial charge >= 0.3 is 6.09 Å². The molecule has 1 unspecified atom stereocenters. The Kier molecular flexibility index (Phi) is 5.18. The van der Waals surface area contributed by atoms with E-state index in [1.807, 2.05) is 45.0 Å². The molecule has 1 aliphatic rings. The van der Waals surface area contributed by atoms with Crippen molar-refractivity contribution in [1.82, 2.24) is 9.88 Å². The maximum absolute atomic E-state index is 12.5. The number of carbonyl (C=O) groups is 2. The summed E-state index contributed by atoms with van der Waals surface area (Å²) in [6.45, 7) is 6.36. The summed E-state index contributed by atoms with van der Waals surface area (Å²) in [6, 6.07) is 7.74. The van der Waals surface area contributed by atoms with Crippen LogP contribution >= 0.6 is 15.9 Å². The fourth-order valence-corrected chi connectivity index (χ4v) is 3.25. The van der Waals surface area contributed by atoms with Gasteiger partial charge in [-0.05, 0) is 50.8 Å². The van der Waals surface area contributed by atoms with Gasteiger partial charge in [0.05, 0.1) is 5.92 Å². The van der Waals surface area contributed by atoms with Crippen LogP contribution in [-0.4, -0.2) is 40.6 Å². The average molecular weight is 420 g/mol. The van der Waals surface area contributed by atoms with Crippen molar-refractivity contribution in [3.05, 3.63) is 34.9 Å². The smallest absolute Gasteiger partial charge is 0.410 e. The van der Waals surface area contributed by atoms with Gasteiger partial charge in [-0.1, -0.05) is 22.0 Å². The zero-order valence-corrected chi connectivity index (χ0v) is 16.7. The Morgan fingerprint density at radius 3 is 2.77 bits per heavy atom. The number of fused-ring (bicyclic) bond motifs is 1. The lowest BCUT2D eigenvalue weighted by Crippen LogP contribution is -2.36. The minimum absolute atomic E-state index is 0.127. The van der Waals surface area contributed by atoms with Gasteiger partial charge in [0.1, 0.15) is 11.4 Å². The number of aromatic nitrogens is 1. The van der Waals surface area contributed by atoms with E-state index in [1.54, 1.807) is 11.1 Å². The number of halogens is 1. The Labute approximate surface area is 161 Å². The largest absolute Gasteiger partial charge is 0.444 e. The number of pyridine rings is 1. The van der Waals surface area contributed by atoms with E-state index in [0.29, 0.717) is 25.3 Å². The van der Waals surface area contributed by atoms with Gasteiger partial charge in [0.2, 0.25) is 5.91 Å². The van der Waals surface area contributed by atoms with Crippen LogP contribution in [0, 0.1) is 5.92 Å². The quantitative estimate of drug-likeness (QED) is 0.791. The summed E-state index contributed by atoms with van der Waals surface area (Å²) in [7, 11) is 0. The van der Waals surface area contributed by atoms with Gasteiger partial charge in [-0.15, -0.1) is 0 Å². The molecule has 26 heavy (non-hydrogen) atoms. The van der Waals surface area contributed by atoms with Crippen molar-refractivity contribution in [2.24, 2.45) is 5.92 Å². The number of amides is 2. The van der Waals surface area contributed by atoms with Crippen LogP contribution in [-0.2, 0) is 9.53 Å². The van der Waals surface area contributed by atoms with Crippen LogP contribution in [0.2, 0.25) is 0 Å². The summed E-state index contributed by atoms with van der Waals surface area (Å²) >= 11 is 3.45. The molecule has 138 valence electrons. The minimum Gasteiger partial charge on any atom is -0.444 e. The Hall–Kier alpha value is -2.15. The first-order chi connectivity index (χ1) is 12.2. The number of hydrogen-bond donors (Lipinski definition) is 1. The number of rotatable bonds is 2. The number of ether oxygens (including phenoxy) is 1. The maximum Gasteiger partial charge on any atom is 0.410 e. The molecule has 1 aliphatic heterocycles. The van der Waals surface area contributed by atoms with Crippen molar-refractivity contribution in [3.63, 3.8) is 0 Å². The fourth-order valence-electron chi connectivity index (χ4n) is 2.88. The van der Waals surface area contributed by atoms with Gasteiger partial charge in [-0.25, -0.2) is 9.78 Å². The Morgan fingerprint density at radius 1 is 1.27 bits per heavy atom. The zero-order chi connectivity index (χ0) is 18.9. The summed E-state index contributed by atoms with van der Waals surface area (Å²) in [4.78, 5) is 30.5. The first-order valence-electron chi connectivity index (χ1n) is 8.55. The van der Waals surface area contributed by atoms with E-state index in [2.05, 4.69) is 26.2 Å². The maximum atomic E-state index is 12.5. The fraction of sp³-hybridized carbons (Fsp3) is 0.421. The van der Waals surface area contributed by atoms with E-state index in [1.165, 1.54) is 0 Å². The third kappa shape index (κ3) is 4.52. The summed E-state index contributed by atoms with van der Waals surface area (Å²) in [5.74, 6) is 0.122. The van der Waals surface area contributed by atoms with Crippen molar-refractivity contribution in [1.29, 1.82) is 0 Å². The number of nitrogens with zero attached hydrogens (tertiary/aromatic N) is 2. The van der Waals surface area contributed by atoms with Crippen molar-refractivity contribution < 1.29 is 14.3 Å². The molecule has 1 aromatic carbocycles. The van der Waals surface area contributed by atoms with Crippen molar-refractivity contribution >= 4 is 44.5 Å². The molecule has 1 aromatic heterocycles. The van der Waals surface area contributed by atoms with Gasteiger partial charge in [0.25, 0.3) is 0 Å². The molecule has 0 bridgehead atoms. The molecular formula is C19H22BrN3O3. The highest BCUT2D eigenvalue weighted by Gasteiger charge is 2.33. The number of anilines is 1. The number of likely N-dealkylation sites (tertiary alicyclic amines) is 1. The summed E-state index contributed by atoms with van der Waals surface area (Å²) in [5, 5.41) is 4.85. The summed E-state index contributed by atoms with van der Waals surface area (Å²) in [6.07, 6.45) is 1.98. The molecular weight excluding hydrogens is 398 g/mol. The van der Waals surface area contributed by atoms with E-state index in [-0.39, 0.29) is 17.9 Å². The highest BCUT2D eigenvalue weighted by molar-refractivity contribution is 9.10. The van der Waals surface area contributed by atoms with Crippen molar-refractivity contribution in [2.45, 2.75) is 32.8 Å². The summed E-state index contributed by atoms with van der Waals surface area (Å²) < 4.78 is 6.34. The number of nitrogens with one attached hydrogen (secondary N) is 1. The predicted molar refractivity (Wildman–Crippen MR) is 104 cm³/mol. The third-order valence-corrected chi connectivity index (χ3v) is 4.64. The van der Waals surface area contributed by atoms with Gasteiger partial charge in [0.15, 0.2) is 0 Å². The first-order valence-corrected chi connectivity index (χ1v) is 9.35. The van der Waals surface area contributed by atoms with E-state index >= 15 is 0 Å². The van der Waals surface area contributed by atoms with Crippen molar-refractivity contribution in [2.75, 3.05) is 18.4 Å². The van der Waals surface area contributed by atoms with Gasteiger partial charge in [0, 0.05) is 29.1 Å². The summed E-state index contributed by atoms with van der Waals surface area (Å²) in [5.41, 5.74) is -0.541. The molecule has 1 fully saturated rings. The Balaban J connectivity index is 1.63. The molecule has 2 heterocycles. The molecule has 2 amide bonds. The van der Waals surface area contributed by atoms with Crippen LogP contribution in [0.1, 0.15) is 27.2 Å². The molecule has 0 saturated carbocycles. The molecule has 0 radical (unpaired) electrons. The Bertz CT molecular complexity index is 848. The van der Waals surface area contributed by atoms with Crippen molar-refractivity contribution in [3.8, 4) is 0 Å². The van der Waals surface area contributed by atoms with Crippen LogP contribution in [0.5, 0.6) is 0 Å². The van der Waals surface area contributed by atoms with Gasteiger partial charge in [-0.3, -0.25) is 4.79 Å². The second-order valence-corrected chi connectivity index (χ2v) is 8.38. The monoisotopic (exact) mass is 419 g/mol. The predicted octanol–water partition coefficient (Wildman–Crippen LogP) is 4.19. The van der Waals surface area contributed by atoms with Crippen LogP contribution < -0.4 is 5.32 Å². The van der Waals surface area contributed by atoms with E-state index < -0.39 is 5.60 Å². The van der Waals surface area contributed by atoms with Gasteiger partial charge in [-0.2, -0.15) is 0 Å². The highest BCUT2D eigenvalue weighted by atomic mass is 79.9. The second kappa shape index (κ2) is 7.23. The minimum atomic E-state index is -0.541. The lowest BCUT2D eigenvalue weighted by Gasteiger charge is -2.24. The topological polar surface area (TPSA) is 71.5 Å². The van der Waals surface area contributed by atoms with Crippen LogP contribution in [0.25, 0.3) is 10.8 Å².